The second-order valence-electron chi connectivity index (χ2n) is 13.7. The standard InChI is InChI=1S/C34H40Cl2N8O9/c1-33(2,3)53-32(48)43(29-27(35)23(51-5)16-24(52-6)28(29)36)30(45)40(4)26-17-25(37-19-38-26)39-21-8-7-20(15-22(21)44(49)50)42-14-11-34(18-42)9-12-41(13-10-34)31(46)47/h7-8,15-17,19H,9-14,18H2,1-6H3,(H,46,47)(H,37,38,39). The highest BCUT2D eigenvalue weighted by Crippen LogP contribution is 2.47. The van der Waals surface area contributed by atoms with Gasteiger partial charge in [-0.3, -0.25) is 15.0 Å². The molecule has 4 amide bonds. The van der Waals surface area contributed by atoms with Crippen molar-refractivity contribution in [1.29, 1.82) is 0 Å². The molecule has 2 saturated heterocycles. The zero-order valence-electron chi connectivity index (χ0n) is 30.0. The number of likely N-dealkylation sites (tertiary alicyclic amines) is 1. The highest BCUT2D eigenvalue weighted by atomic mass is 35.5. The Labute approximate surface area is 315 Å². The van der Waals surface area contributed by atoms with Crippen LogP contribution >= 0.6 is 23.2 Å². The maximum atomic E-state index is 14.2. The number of carbonyl (C=O) groups excluding carboxylic acids is 2. The lowest BCUT2D eigenvalue weighted by Gasteiger charge is -2.38. The quantitative estimate of drug-likeness (QED) is 0.170. The van der Waals surface area contributed by atoms with Gasteiger partial charge in [0.1, 0.15) is 56.5 Å². The first kappa shape index (κ1) is 38.9. The van der Waals surface area contributed by atoms with E-state index in [-0.39, 0.29) is 55.7 Å². The highest BCUT2D eigenvalue weighted by Gasteiger charge is 2.42. The summed E-state index contributed by atoms with van der Waals surface area (Å²) in [5.74, 6) is 0.245. The third-order valence-corrected chi connectivity index (χ3v) is 9.89. The molecule has 19 heteroatoms. The molecule has 5 rings (SSSR count). The number of imide groups is 1. The lowest BCUT2D eigenvalue weighted by atomic mass is 9.78. The summed E-state index contributed by atoms with van der Waals surface area (Å²) in [6.45, 7) is 7.14. The van der Waals surface area contributed by atoms with Crippen LogP contribution in [0.25, 0.3) is 0 Å². The van der Waals surface area contributed by atoms with E-state index in [0.29, 0.717) is 36.8 Å². The lowest BCUT2D eigenvalue weighted by molar-refractivity contribution is -0.383. The van der Waals surface area contributed by atoms with Crippen molar-refractivity contribution in [3.05, 3.63) is 56.8 Å². The van der Waals surface area contributed by atoms with E-state index in [4.69, 9.17) is 37.4 Å². The number of carboxylic acid groups (broad SMARTS) is 1. The molecular formula is C34H40Cl2N8O9. The number of nitro benzene ring substituents is 1. The van der Waals surface area contributed by atoms with Gasteiger partial charge in [-0.25, -0.2) is 24.4 Å². The van der Waals surface area contributed by atoms with Gasteiger partial charge in [-0.05, 0) is 57.6 Å². The molecule has 0 bridgehead atoms. The maximum absolute atomic E-state index is 14.2. The van der Waals surface area contributed by atoms with Crippen LogP contribution in [-0.2, 0) is 4.74 Å². The number of hydrogen-bond donors (Lipinski definition) is 2. The van der Waals surface area contributed by atoms with Crippen LogP contribution < -0.4 is 29.5 Å². The molecule has 2 aromatic carbocycles. The van der Waals surface area contributed by atoms with Gasteiger partial charge < -0.3 is 34.4 Å². The number of halogens is 2. The first-order valence-corrected chi connectivity index (χ1v) is 17.2. The van der Waals surface area contributed by atoms with Gasteiger partial charge in [0.2, 0.25) is 0 Å². The first-order valence-electron chi connectivity index (χ1n) is 16.5. The number of nitro groups is 1. The number of urea groups is 1. The summed E-state index contributed by atoms with van der Waals surface area (Å²) >= 11 is 13.2. The molecule has 1 aromatic heterocycles. The highest BCUT2D eigenvalue weighted by molar-refractivity contribution is 6.43. The van der Waals surface area contributed by atoms with Crippen LogP contribution in [0.15, 0.2) is 36.7 Å². The number of ether oxygens (including phenoxy) is 3. The number of nitrogens with one attached hydrogen (secondary N) is 1. The molecular weight excluding hydrogens is 735 g/mol. The number of aromatic nitrogens is 2. The number of carbonyl (C=O) groups is 3. The molecule has 284 valence electrons. The van der Waals surface area contributed by atoms with Gasteiger partial charge in [0.15, 0.2) is 0 Å². The van der Waals surface area contributed by atoms with Gasteiger partial charge in [0, 0.05) is 57.1 Å². The number of amides is 4. The predicted octanol–water partition coefficient (Wildman–Crippen LogP) is 7.42. The minimum absolute atomic E-state index is 0.00116. The predicted molar refractivity (Wildman–Crippen MR) is 199 cm³/mol. The Bertz CT molecular complexity index is 1890. The average molecular weight is 776 g/mol. The molecule has 3 heterocycles. The van der Waals surface area contributed by atoms with Crippen LogP contribution in [0.2, 0.25) is 10.0 Å². The van der Waals surface area contributed by atoms with Gasteiger partial charge >= 0.3 is 18.2 Å². The Morgan fingerprint density at radius 3 is 2.19 bits per heavy atom. The van der Waals surface area contributed by atoms with Gasteiger partial charge in [0.25, 0.3) is 5.69 Å². The molecule has 2 aliphatic rings. The van der Waals surface area contributed by atoms with E-state index in [1.54, 1.807) is 32.9 Å². The number of anilines is 5. The van der Waals surface area contributed by atoms with E-state index in [2.05, 4.69) is 20.2 Å². The molecule has 2 aliphatic heterocycles. The van der Waals surface area contributed by atoms with Crippen LogP contribution in [0, 0.1) is 15.5 Å². The van der Waals surface area contributed by atoms with Crippen LogP contribution in [0.5, 0.6) is 11.5 Å². The fourth-order valence-electron chi connectivity index (χ4n) is 6.34. The number of benzene rings is 2. The van der Waals surface area contributed by atoms with Crippen molar-refractivity contribution < 1.29 is 38.6 Å². The summed E-state index contributed by atoms with van der Waals surface area (Å²) < 4.78 is 16.2. The number of hydrogen-bond acceptors (Lipinski definition) is 12. The molecule has 53 heavy (non-hydrogen) atoms. The van der Waals surface area contributed by atoms with Crippen LogP contribution in [0.1, 0.15) is 40.0 Å². The summed E-state index contributed by atoms with van der Waals surface area (Å²) in [6.07, 6.45) is 1.44. The minimum Gasteiger partial charge on any atom is -0.495 e. The fourth-order valence-corrected chi connectivity index (χ4v) is 7.01. The average Bonchev–Trinajstić information content (AvgIpc) is 3.52. The third kappa shape index (κ3) is 8.36. The van der Waals surface area contributed by atoms with Gasteiger partial charge in [-0.2, -0.15) is 4.90 Å². The summed E-state index contributed by atoms with van der Waals surface area (Å²) in [4.78, 5) is 64.5. The van der Waals surface area contributed by atoms with E-state index in [0.717, 1.165) is 30.5 Å². The van der Waals surface area contributed by atoms with Crippen molar-refractivity contribution in [2.75, 3.05) is 67.5 Å². The second-order valence-corrected chi connectivity index (χ2v) is 14.5. The van der Waals surface area contributed by atoms with E-state index in [1.807, 2.05) is 0 Å². The minimum atomic E-state index is -1.11. The van der Waals surface area contributed by atoms with Gasteiger partial charge in [0.05, 0.1) is 19.1 Å². The first-order chi connectivity index (χ1) is 25.0. The lowest BCUT2D eigenvalue weighted by Crippen LogP contribution is -2.47. The van der Waals surface area contributed by atoms with Gasteiger partial charge in [-0.1, -0.05) is 23.2 Å². The Balaban J connectivity index is 1.40. The third-order valence-electron chi connectivity index (χ3n) is 9.16. The smallest absolute Gasteiger partial charge is 0.423 e. The van der Waals surface area contributed by atoms with E-state index < -0.39 is 28.7 Å². The molecule has 0 saturated carbocycles. The second kappa shape index (κ2) is 15.4. The Kier molecular flexibility index (Phi) is 11.3. The molecule has 0 unspecified atom stereocenters. The Morgan fingerprint density at radius 2 is 1.62 bits per heavy atom. The number of methoxy groups -OCH3 is 2. The SMILES string of the molecule is COc1cc(OC)c(Cl)c(N(C(=O)OC(C)(C)C)C(=O)N(C)c2cc(Nc3ccc(N4CCC5(CCN(C(=O)O)CC5)C4)cc3[N+](=O)[O-])ncn2)c1Cl. The molecule has 3 aromatic rings. The number of rotatable bonds is 8. The number of piperidine rings is 1. The van der Waals surface area contributed by atoms with Crippen molar-refractivity contribution in [1.82, 2.24) is 14.9 Å². The van der Waals surface area contributed by atoms with Crippen LogP contribution in [0.3, 0.4) is 0 Å². The van der Waals surface area contributed by atoms with Gasteiger partial charge in [-0.15, -0.1) is 0 Å². The van der Waals surface area contributed by atoms with E-state index >= 15 is 0 Å². The molecule has 2 fully saturated rings. The van der Waals surface area contributed by atoms with Crippen LogP contribution in [-0.4, -0.2) is 96.2 Å². The Hall–Kier alpha value is -5.29. The normalized spacial score (nSPS) is 15.2. The van der Waals surface area contributed by atoms with E-state index in [1.165, 1.54) is 44.4 Å². The monoisotopic (exact) mass is 774 g/mol. The summed E-state index contributed by atoms with van der Waals surface area (Å²) in [5, 5.41) is 24.2. The van der Waals surface area contributed by atoms with Crippen molar-refractivity contribution in [3.63, 3.8) is 0 Å². The largest absolute Gasteiger partial charge is 0.495 e. The number of nitrogens with zero attached hydrogens (tertiary/aromatic N) is 7. The van der Waals surface area contributed by atoms with Crippen molar-refractivity contribution in [3.8, 4) is 11.5 Å². The fraction of sp³-hybridized carbons (Fsp3) is 0.441. The summed E-state index contributed by atoms with van der Waals surface area (Å²) in [5.41, 5.74) is -0.731. The molecule has 2 N–H and O–H groups in total. The van der Waals surface area contributed by atoms with Crippen molar-refractivity contribution >= 4 is 75.8 Å². The maximum Gasteiger partial charge on any atom is 0.423 e. The molecule has 0 atom stereocenters. The summed E-state index contributed by atoms with van der Waals surface area (Å²) in [6, 6.07) is 6.62. The molecule has 17 nitrogen and oxygen atoms in total. The van der Waals surface area contributed by atoms with Crippen molar-refractivity contribution in [2.45, 2.75) is 45.6 Å². The Morgan fingerprint density at radius 1 is 1.00 bits per heavy atom. The molecule has 0 aliphatic carbocycles. The zero-order valence-corrected chi connectivity index (χ0v) is 31.5. The zero-order chi connectivity index (χ0) is 38.8. The molecule has 0 radical (unpaired) electrons. The topological polar surface area (TPSA) is 193 Å². The van der Waals surface area contributed by atoms with E-state index in [9.17, 15) is 29.6 Å². The van der Waals surface area contributed by atoms with Crippen LogP contribution in [0.4, 0.5) is 48.8 Å². The van der Waals surface area contributed by atoms with Crippen molar-refractivity contribution in [2.24, 2.45) is 5.41 Å². The summed E-state index contributed by atoms with van der Waals surface area (Å²) in [7, 11) is 4.03. The molecule has 1 spiro atoms.